The van der Waals surface area contributed by atoms with Crippen LogP contribution in [0.4, 0.5) is 19.0 Å². The number of carbonyl (C=O) groups is 1. The Morgan fingerprint density at radius 1 is 1.35 bits per heavy atom. The summed E-state index contributed by atoms with van der Waals surface area (Å²) in [5.41, 5.74) is 0.540. The summed E-state index contributed by atoms with van der Waals surface area (Å²) in [6.07, 6.45) is -3.22. The molecule has 0 spiro atoms. The van der Waals surface area contributed by atoms with E-state index in [0.29, 0.717) is 24.1 Å². The van der Waals surface area contributed by atoms with Crippen molar-refractivity contribution in [1.29, 1.82) is 0 Å². The highest BCUT2D eigenvalue weighted by Gasteiger charge is 2.40. The summed E-state index contributed by atoms with van der Waals surface area (Å²) >= 11 is 0. The lowest BCUT2D eigenvalue weighted by atomic mass is 10.1. The normalized spacial score (nSPS) is 15.2. The zero-order valence-electron chi connectivity index (χ0n) is 11.0. The van der Waals surface area contributed by atoms with E-state index >= 15 is 0 Å². The predicted octanol–water partition coefficient (Wildman–Crippen LogP) is 2.32. The van der Waals surface area contributed by atoms with Crippen molar-refractivity contribution in [3.63, 3.8) is 0 Å². The number of aromatic carboxylic acids is 1. The molecule has 1 aliphatic rings. The van der Waals surface area contributed by atoms with Crippen LogP contribution in [0, 0.1) is 13.8 Å². The minimum absolute atomic E-state index is 0.194. The van der Waals surface area contributed by atoms with Gasteiger partial charge in [-0.3, -0.25) is 0 Å². The summed E-state index contributed by atoms with van der Waals surface area (Å²) < 4.78 is 38.0. The first kappa shape index (κ1) is 14.5. The van der Waals surface area contributed by atoms with Gasteiger partial charge in [0.15, 0.2) is 5.82 Å². The van der Waals surface area contributed by atoms with Crippen molar-refractivity contribution in [3.8, 4) is 0 Å². The summed E-state index contributed by atoms with van der Waals surface area (Å²) in [5, 5.41) is 16.7. The van der Waals surface area contributed by atoms with Gasteiger partial charge in [0.2, 0.25) is 0 Å². The Morgan fingerprint density at radius 3 is 2.40 bits per heavy atom. The maximum atomic E-state index is 12.7. The predicted molar refractivity (Wildman–Crippen MR) is 64.9 cm³/mol. The Labute approximate surface area is 113 Å². The Morgan fingerprint density at radius 2 is 1.95 bits per heavy atom. The van der Waals surface area contributed by atoms with Crippen molar-refractivity contribution in [2.24, 2.45) is 0 Å². The molecule has 1 aromatic rings. The molecule has 20 heavy (non-hydrogen) atoms. The zero-order chi connectivity index (χ0) is 15.1. The lowest BCUT2D eigenvalue weighted by Gasteiger charge is -2.26. The second-order valence-electron chi connectivity index (χ2n) is 4.89. The minimum atomic E-state index is -4.42. The van der Waals surface area contributed by atoms with Crippen LogP contribution in [-0.4, -0.2) is 40.0 Å². The fraction of sp³-hybridized carbons (Fsp3) is 0.583. The van der Waals surface area contributed by atoms with Gasteiger partial charge >= 0.3 is 12.1 Å². The quantitative estimate of drug-likeness (QED) is 0.921. The number of halogens is 3. The maximum absolute atomic E-state index is 12.7. The van der Waals surface area contributed by atoms with Crippen molar-refractivity contribution in [3.05, 3.63) is 16.8 Å². The molecule has 0 aromatic carbocycles. The number of aromatic nitrogens is 2. The molecule has 0 atom stereocenters. The van der Waals surface area contributed by atoms with Crippen LogP contribution in [0.3, 0.4) is 0 Å². The van der Waals surface area contributed by atoms with Crippen molar-refractivity contribution in [1.82, 2.24) is 10.2 Å². The number of alkyl halides is 3. The fourth-order valence-electron chi connectivity index (χ4n) is 2.01. The van der Waals surface area contributed by atoms with Crippen LogP contribution in [0.5, 0.6) is 0 Å². The molecule has 0 saturated heterocycles. The number of carboxylic acids is 1. The largest absolute Gasteiger partial charge is 0.478 e. The number of hydrogen-bond donors (Lipinski definition) is 1. The summed E-state index contributed by atoms with van der Waals surface area (Å²) in [4.78, 5) is 12.3. The number of nitrogens with zero attached hydrogens (tertiary/aromatic N) is 3. The van der Waals surface area contributed by atoms with Crippen LogP contribution in [0.1, 0.15) is 34.5 Å². The Hall–Kier alpha value is -1.86. The standard InChI is InChI=1S/C12H14F3N3O2/c1-6-7(2)16-17-10(9(6)11(19)20)18(8-3-4-8)5-12(13,14)15/h8H,3-5H2,1-2H3,(H,19,20). The first-order chi connectivity index (χ1) is 9.20. The molecule has 0 bridgehead atoms. The summed E-state index contributed by atoms with van der Waals surface area (Å²) in [7, 11) is 0. The highest BCUT2D eigenvalue weighted by Crippen LogP contribution is 2.35. The van der Waals surface area contributed by atoms with Gasteiger partial charge in [-0.25, -0.2) is 4.79 Å². The molecule has 5 nitrogen and oxygen atoms in total. The van der Waals surface area contributed by atoms with Crippen molar-refractivity contribution in [2.45, 2.75) is 38.9 Å². The van der Waals surface area contributed by atoms with Crippen LogP contribution in [0.25, 0.3) is 0 Å². The molecule has 1 heterocycles. The van der Waals surface area contributed by atoms with Crippen LogP contribution in [0.15, 0.2) is 0 Å². The Balaban J connectivity index is 2.48. The van der Waals surface area contributed by atoms with Crippen LogP contribution < -0.4 is 4.90 Å². The topological polar surface area (TPSA) is 66.3 Å². The average molecular weight is 289 g/mol. The summed E-state index contributed by atoms with van der Waals surface area (Å²) in [5.74, 6) is -1.48. The van der Waals surface area contributed by atoms with E-state index in [1.807, 2.05) is 0 Å². The third-order valence-electron chi connectivity index (χ3n) is 3.26. The molecule has 2 rings (SSSR count). The molecule has 1 N–H and O–H groups in total. The summed E-state index contributed by atoms with van der Waals surface area (Å²) in [6.45, 7) is 1.88. The lowest BCUT2D eigenvalue weighted by Crippen LogP contribution is -2.38. The van der Waals surface area contributed by atoms with E-state index in [2.05, 4.69) is 10.2 Å². The molecule has 1 aromatic heterocycles. The van der Waals surface area contributed by atoms with Gasteiger partial charge in [-0.15, -0.1) is 5.10 Å². The smallest absolute Gasteiger partial charge is 0.405 e. The van der Waals surface area contributed by atoms with Gasteiger partial charge in [0.1, 0.15) is 12.1 Å². The SMILES string of the molecule is Cc1nnc(N(CC(F)(F)F)C2CC2)c(C(=O)O)c1C. The highest BCUT2D eigenvalue weighted by molar-refractivity contribution is 5.95. The number of anilines is 1. The molecule has 110 valence electrons. The molecule has 1 fully saturated rings. The van der Waals surface area contributed by atoms with E-state index in [0.717, 1.165) is 4.90 Å². The molecule has 0 amide bonds. The molecule has 1 aliphatic carbocycles. The van der Waals surface area contributed by atoms with Crippen LogP contribution in [-0.2, 0) is 0 Å². The van der Waals surface area contributed by atoms with E-state index in [-0.39, 0.29) is 17.4 Å². The zero-order valence-corrected chi connectivity index (χ0v) is 11.0. The van der Waals surface area contributed by atoms with Crippen LogP contribution >= 0.6 is 0 Å². The molecule has 0 aliphatic heterocycles. The van der Waals surface area contributed by atoms with E-state index < -0.39 is 18.7 Å². The average Bonchev–Trinajstić information content (AvgIpc) is 3.12. The molecule has 8 heteroatoms. The molecule has 1 saturated carbocycles. The first-order valence-corrected chi connectivity index (χ1v) is 6.11. The molecule has 0 unspecified atom stereocenters. The van der Waals surface area contributed by atoms with Gasteiger partial charge in [-0.05, 0) is 32.3 Å². The highest BCUT2D eigenvalue weighted by atomic mass is 19.4. The van der Waals surface area contributed by atoms with Gasteiger partial charge in [0.25, 0.3) is 0 Å². The third kappa shape index (κ3) is 3.00. The van der Waals surface area contributed by atoms with Gasteiger partial charge < -0.3 is 10.0 Å². The number of aryl methyl sites for hydroxylation is 1. The van der Waals surface area contributed by atoms with E-state index in [1.165, 1.54) is 6.92 Å². The Bertz CT molecular complexity index is 541. The Kier molecular flexibility index (Phi) is 3.58. The number of hydrogen-bond acceptors (Lipinski definition) is 4. The van der Waals surface area contributed by atoms with Gasteiger partial charge in [0, 0.05) is 6.04 Å². The summed E-state index contributed by atoms with van der Waals surface area (Å²) in [6, 6.07) is -0.314. The third-order valence-corrected chi connectivity index (χ3v) is 3.26. The van der Waals surface area contributed by atoms with Crippen LogP contribution in [0.2, 0.25) is 0 Å². The van der Waals surface area contributed by atoms with Crippen molar-refractivity contribution in [2.75, 3.05) is 11.4 Å². The lowest BCUT2D eigenvalue weighted by molar-refractivity contribution is -0.120. The van der Waals surface area contributed by atoms with E-state index in [4.69, 9.17) is 0 Å². The fourth-order valence-corrected chi connectivity index (χ4v) is 2.01. The number of rotatable bonds is 4. The van der Waals surface area contributed by atoms with Gasteiger partial charge in [-0.2, -0.15) is 18.3 Å². The first-order valence-electron chi connectivity index (χ1n) is 6.11. The van der Waals surface area contributed by atoms with Crippen molar-refractivity contribution >= 4 is 11.8 Å². The molecular formula is C12H14F3N3O2. The maximum Gasteiger partial charge on any atom is 0.405 e. The minimum Gasteiger partial charge on any atom is -0.478 e. The van der Waals surface area contributed by atoms with E-state index in [1.54, 1.807) is 6.92 Å². The van der Waals surface area contributed by atoms with Gasteiger partial charge in [0.05, 0.1) is 5.69 Å². The number of carboxylic acid groups (broad SMARTS) is 1. The second kappa shape index (κ2) is 4.92. The molecule has 0 radical (unpaired) electrons. The molecular weight excluding hydrogens is 275 g/mol. The second-order valence-corrected chi connectivity index (χ2v) is 4.89. The van der Waals surface area contributed by atoms with E-state index in [9.17, 15) is 23.1 Å². The van der Waals surface area contributed by atoms with Gasteiger partial charge in [-0.1, -0.05) is 0 Å². The monoisotopic (exact) mass is 289 g/mol. The van der Waals surface area contributed by atoms with Crippen molar-refractivity contribution < 1.29 is 23.1 Å².